The number of carboxylic acids is 1. The molecule has 0 radical (unpaired) electrons. The van der Waals surface area contributed by atoms with E-state index in [2.05, 4.69) is 4.98 Å². The molecule has 8 heteroatoms. The third-order valence-corrected chi connectivity index (χ3v) is 3.20. The number of hydrogen-bond donors (Lipinski definition) is 1. The van der Waals surface area contributed by atoms with E-state index in [0.717, 1.165) is 6.07 Å². The van der Waals surface area contributed by atoms with E-state index >= 15 is 0 Å². The highest BCUT2D eigenvalue weighted by molar-refractivity contribution is 5.78. The minimum Gasteiger partial charge on any atom is -0.480 e. The van der Waals surface area contributed by atoms with Gasteiger partial charge in [-0.05, 0) is 12.1 Å². The second kappa shape index (κ2) is 5.28. The summed E-state index contributed by atoms with van der Waals surface area (Å²) in [4.78, 5) is 16.0. The molecule has 2 atom stereocenters. The molecule has 1 N–H and O–H groups in total. The number of nitrogens with zero attached hydrogens (tertiary/aromatic N) is 2. The molecular weight excluding hydrogens is 277 g/mol. The summed E-state index contributed by atoms with van der Waals surface area (Å²) in [7, 11) is 1.44. The van der Waals surface area contributed by atoms with Crippen LogP contribution in [-0.4, -0.2) is 41.9 Å². The molecule has 2 heterocycles. The second-order valence-electron chi connectivity index (χ2n) is 4.48. The number of ether oxygens (including phenoxy) is 1. The van der Waals surface area contributed by atoms with Crippen molar-refractivity contribution >= 4 is 11.8 Å². The number of rotatable bonds is 3. The van der Waals surface area contributed by atoms with E-state index in [-0.39, 0.29) is 24.9 Å². The Hall–Kier alpha value is -1.83. The van der Waals surface area contributed by atoms with Crippen LogP contribution in [0, 0.1) is 0 Å². The summed E-state index contributed by atoms with van der Waals surface area (Å²) < 4.78 is 43.0. The van der Waals surface area contributed by atoms with Crippen LogP contribution in [-0.2, 0) is 15.7 Å². The number of aromatic nitrogens is 1. The largest absolute Gasteiger partial charge is 0.480 e. The molecule has 5 nitrogen and oxygen atoms in total. The highest BCUT2D eigenvalue weighted by Gasteiger charge is 2.39. The monoisotopic (exact) mass is 290 g/mol. The fourth-order valence-electron chi connectivity index (χ4n) is 2.20. The average molecular weight is 290 g/mol. The molecule has 0 spiro atoms. The molecule has 0 aromatic carbocycles. The van der Waals surface area contributed by atoms with E-state index in [4.69, 9.17) is 9.84 Å². The van der Waals surface area contributed by atoms with Gasteiger partial charge in [-0.3, -0.25) is 0 Å². The number of halogens is 3. The molecule has 1 aromatic rings. The molecule has 1 aliphatic rings. The van der Waals surface area contributed by atoms with Crippen molar-refractivity contribution in [2.75, 3.05) is 18.6 Å². The number of hydrogen-bond acceptors (Lipinski definition) is 4. The lowest BCUT2D eigenvalue weighted by molar-refractivity contribution is -0.141. The van der Waals surface area contributed by atoms with Crippen molar-refractivity contribution < 1.29 is 27.8 Å². The SMILES string of the molecule is COC1CC(C(=O)O)N(c2cccc(C(F)(F)F)n2)C1. The van der Waals surface area contributed by atoms with Crippen LogP contribution >= 0.6 is 0 Å². The summed E-state index contributed by atoms with van der Waals surface area (Å²) in [5.74, 6) is -1.12. The van der Waals surface area contributed by atoms with Gasteiger partial charge in [0.15, 0.2) is 0 Å². The molecule has 0 bridgehead atoms. The fraction of sp³-hybridized carbons (Fsp3) is 0.500. The number of alkyl halides is 3. The van der Waals surface area contributed by atoms with Gasteiger partial charge in [-0.2, -0.15) is 13.2 Å². The lowest BCUT2D eigenvalue weighted by atomic mass is 10.2. The van der Waals surface area contributed by atoms with Gasteiger partial charge in [0.05, 0.1) is 6.10 Å². The first-order chi connectivity index (χ1) is 9.32. The summed E-state index contributed by atoms with van der Waals surface area (Å²) in [6.07, 6.45) is -4.69. The van der Waals surface area contributed by atoms with Crippen LogP contribution in [0.4, 0.5) is 19.0 Å². The summed E-state index contributed by atoms with van der Waals surface area (Å²) in [6.45, 7) is 0.196. The fourth-order valence-corrected chi connectivity index (χ4v) is 2.20. The predicted octanol–water partition coefficient (Wildman–Crippen LogP) is 1.78. The van der Waals surface area contributed by atoms with E-state index in [9.17, 15) is 18.0 Å². The number of aliphatic carboxylic acids is 1. The maximum absolute atomic E-state index is 12.6. The molecule has 20 heavy (non-hydrogen) atoms. The lowest BCUT2D eigenvalue weighted by Crippen LogP contribution is -2.36. The van der Waals surface area contributed by atoms with Gasteiger partial charge in [0.1, 0.15) is 17.6 Å². The van der Waals surface area contributed by atoms with Gasteiger partial charge < -0.3 is 14.7 Å². The first-order valence-electron chi connectivity index (χ1n) is 5.89. The smallest absolute Gasteiger partial charge is 0.433 e. The van der Waals surface area contributed by atoms with Crippen molar-refractivity contribution in [3.8, 4) is 0 Å². The van der Waals surface area contributed by atoms with Gasteiger partial charge in [0, 0.05) is 20.1 Å². The van der Waals surface area contributed by atoms with Gasteiger partial charge in [0.25, 0.3) is 0 Å². The van der Waals surface area contributed by atoms with Crippen molar-refractivity contribution in [2.24, 2.45) is 0 Å². The van der Waals surface area contributed by atoms with Crippen LogP contribution in [0.25, 0.3) is 0 Å². The summed E-state index contributed by atoms with van der Waals surface area (Å²) >= 11 is 0. The maximum atomic E-state index is 12.6. The Balaban J connectivity index is 2.32. The molecule has 110 valence electrons. The third kappa shape index (κ3) is 2.84. The van der Waals surface area contributed by atoms with Crippen molar-refractivity contribution in [2.45, 2.75) is 24.7 Å². The molecule has 1 fully saturated rings. The van der Waals surface area contributed by atoms with Gasteiger partial charge in [0.2, 0.25) is 0 Å². The zero-order valence-corrected chi connectivity index (χ0v) is 10.6. The Morgan fingerprint density at radius 1 is 1.50 bits per heavy atom. The van der Waals surface area contributed by atoms with E-state index in [1.54, 1.807) is 0 Å². The van der Waals surface area contributed by atoms with Crippen LogP contribution in [0.3, 0.4) is 0 Å². The molecule has 0 aliphatic carbocycles. The van der Waals surface area contributed by atoms with Crippen molar-refractivity contribution in [3.05, 3.63) is 23.9 Å². The quantitative estimate of drug-likeness (QED) is 0.919. The Kier molecular flexibility index (Phi) is 3.85. The Bertz CT molecular complexity index is 507. The highest BCUT2D eigenvalue weighted by atomic mass is 19.4. The topological polar surface area (TPSA) is 62.7 Å². The molecule has 1 aromatic heterocycles. The standard InChI is InChI=1S/C12H13F3N2O3/c1-20-7-5-8(11(18)19)17(6-7)10-4-2-3-9(16-10)12(13,14)15/h2-4,7-8H,5-6H2,1H3,(H,18,19). The first-order valence-corrected chi connectivity index (χ1v) is 5.89. The van der Waals surface area contributed by atoms with E-state index in [1.807, 2.05) is 0 Å². The molecule has 2 unspecified atom stereocenters. The number of carboxylic acid groups (broad SMARTS) is 1. The molecule has 0 amide bonds. The highest BCUT2D eigenvalue weighted by Crippen LogP contribution is 2.31. The number of anilines is 1. The Labute approximate surface area is 113 Å². The minimum atomic E-state index is -4.56. The van der Waals surface area contributed by atoms with Crippen molar-refractivity contribution in [1.82, 2.24) is 4.98 Å². The Morgan fingerprint density at radius 2 is 2.20 bits per heavy atom. The van der Waals surface area contributed by atoms with Gasteiger partial charge in [-0.1, -0.05) is 6.07 Å². The number of methoxy groups -OCH3 is 1. The minimum absolute atomic E-state index is 0.00762. The van der Waals surface area contributed by atoms with Crippen LogP contribution in [0.2, 0.25) is 0 Å². The van der Waals surface area contributed by atoms with E-state index < -0.39 is 23.9 Å². The van der Waals surface area contributed by atoms with Crippen LogP contribution in [0.5, 0.6) is 0 Å². The van der Waals surface area contributed by atoms with Crippen molar-refractivity contribution in [1.29, 1.82) is 0 Å². The van der Waals surface area contributed by atoms with Gasteiger partial charge in [-0.25, -0.2) is 9.78 Å². The average Bonchev–Trinajstić information content (AvgIpc) is 2.82. The molecule has 2 rings (SSSR count). The Morgan fingerprint density at radius 3 is 2.75 bits per heavy atom. The maximum Gasteiger partial charge on any atom is 0.433 e. The number of carbonyl (C=O) groups is 1. The van der Waals surface area contributed by atoms with E-state index in [0.29, 0.717) is 0 Å². The summed E-state index contributed by atoms with van der Waals surface area (Å²) in [6, 6.07) is 2.49. The molecule has 0 saturated carbocycles. The first kappa shape index (κ1) is 14.6. The summed E-state index contributed by atoms with van der Waals surface area (Å²) in [5, 5.41) is 9.14. The van der Waals surface area contributed by atoms with E-state index in [1.165, 1.54) is 24.1 Å². The zero-order valence-electron chi connectivity index (χ0n) is 10.6. The predicted molar refractivity (Wildman–Crippen MR) is 63.4 cm³/mol. The summed E-state index contributed by atoms with van der Waals surface area (Å²) in [5.41, 5.74) is -1.04. The van der Waals surface area contributed by atoms with Gasteiger partial charge >= 0.3 is 12.1 Å². The van der Waals surface area contributed by atoms with Gasteiger partial charge in [-0.15, -0.1) is 0 Å². The number of pyridine rings is 1. The molecule has 1 aliphatic heterocycles. The second-order valence-corrected chi connectivity index (χ2v) is 4.48. The van der Waals surface area contributed by atoms with Crippen molar-refractivity contribution in [3.63, 3.8) is 0 Å². The van der Waals surface area contributed by atoms with Crippen LogP contribution in [0.1, 0.15) is 12.1 Å². The lowest BCUT2D eigenvalue weighted by Gasteiger charge is -2.23. The van der Waals surface area contributed by atoms with Crippen LogP contribution in [0.15, 0.2) is 18.2 Å². The molecular formula is C12H13F3N2O3. The third-order valence-electron chi connectivity index (χ3n) is 3.20. The molecule has 1 saturated heterocycles. The zero-order chi connectivity index (χ0) is 14.9. The normalized spacial score (nSPS) is 23.1. The van der Waals surface area contributed by atoms with Crippen LogP contribution < -0.4 is 4.90 Å².